The van der Waals surface area contributed by atoms with Gasteiger partial charge in [-0.05, 0) is 35.7 Å². The lowest BCUT2D eigenvalue weighted by Crippen LogP contribution is -2.39. The molecule has 6 heteroatoms. The van der Waals surface area contributed by atoms with Gasteiger partial charge in [0.25, 0.3) is 0 Å². The van der Waals surface area contributed by atoms with Gasteiger partial charge in [-0.1, -0.05) is 12.1 Å². The maximum absolute atomic E-state index is 6.16. The second kappa shape index (κ2) is 6.27. The van der Waals surface area contributed by atoms with E-state index in [4.69, 9.17) is 15.0 Å². The lowest BCUT2D eigenvalue weighted by Gasteiger charge is -2.19. The first kappa shape index (κ1) is 14.2. The lowest BCUT2D eigenvalue weighted by atomic mass is 10.1. The lowest BCUT2D eigenvalue weighted by molar-refractivity contribution is 0.0867. The molecule has 0 aliphatic carbocycles. The van der Waals surface area contributed by atoms with Crippen LogP contribution in [0.3, 0.4) is 0 Å². The maximum atomic E-state index is 6.16. The van der Waals surface area contributed by atoms with Crippen molar-refractivity contribution >= 4 is 11.3 Å². The Hall–Kier alpha value is -1.24. The highest BCUT2D eigenvalue weighted by molar-refractivity contribution is 7.07. The monoisotopic (exact) mass is 281 g/mol. The minimum atomic E-state index is -0.717. The van der Waals surface area contributed by atoms with Gasteiger partial charge in [0.2, 0.25) is 5.89 Å². The molecule has 0 aromatic carbocycles. The molecular formula is C13H19N3O2S. The number of hydrogen-bond acceptors (Lipinski definition) is 6. The van der Waals surface area contributed by atoms with E-state index in [0.717, 1.165) is 6.42 Å². The minimum absolute atomic E-state index is 0.387. The SMILES string of the molecule is CCCOCC(C)(N)c1noc(Cc2ccsc2)n1. The van der Waals surface area contributed by atoms with Crippen LogP contribution in [-0.4, -0.2) is 23.4 Å². The Morgan fingerprint density at radius 2 is 2.37 bits per heavy atom. The highest BCUT2D eigenvalue weighted by atomic mass is 32.1. The van der Waals surface area contributed by atoms with Crippen molar-refractivity contribution in [1.82, 2.24) is 10.1 Å². The van der Waals surface area contributed by atoms with Crippen LogP contribution in [0.15, 0.2) is 21.3 Å². The summed E-state index contributed by atoms with van der Waals surface area (Å²) in [7, 11) is 0. The Morgan fingerprint density at radius 3 is 3.05 bits per heavy atom. The fourth-order valence-corrected chi connectivity index (χ4v) is 2.29. The molecule has 2 aromatic rings. The highest BCUT2D eigenvalue weighted by Gasteiger charge is 2.27. The Morgan fingerprint density at radius 1 is 1.53 bits per heavy atom. The number of thiophene rings is 1. The van der Waals surface area contributed by atoms with Gasteiger partial charge in [0.1, 0.15) is 5.54 Å². The van der Waals surface area contributed by atoms with Gasteiger partial charge in [0.15, 0.2) is 5.82 Å². The zero-order valence-electron chi connectivity index (χ0n) is 11.3. The molecule has 0 bridgehead atoms. The number of aromatic nitrogens is 2. The topological polar surface area (TPSA) is 74.2 Å². The molecule has 2 heterocycles. The molecule has 2 rings (SSSR count). The molecule has 0 saturated heterocycles. The summed E-state index contributed by atoms with van der Waals surface area (Å²) in [6.45, 7) is 4.98. The first-order valence-corrected chi connectivity index (χ1v) is 7.27. The number of ether oxygens (including phenoxy) is 1. The Labute approximate surface area is 116 Å². The molecule has 19 heavy (non-hydrogen) atoms. The summed E-state index contributed by atoms with van der Waals surface area (Å²) >= 11 is 1.65. The second-order valence-electron chi connectivity index (χ2n) is 4.79. The molecule has 0 amide bonds. The molecule has 104 valence electrons. The highest BCUT2D eigenvalue weighted by Crippen LogP contribution is 2.17. The second-order valence-corrected chi connectivity index (χ2v) is 5.57. The molecule has 0 spiro atoms. The van der Waals surface area contributed by atoms with Gasteiger partial charge in [-0.2, -0.15) is 16.3 Å². The molecule has 0 aliphatic rings. The number of nitrogens with two attached hydrogens (primary N) is 1. The van der Waals surface area contributed by atoms with Gasteiger partial charge in [0.05, 0.1) is 13.0 Å². The summed E-state index contributed by atoms with van der Waals surface area (Å²) < 4.78 is 10.7. The van der Waals surface area contributed by atoms with Crippen LogP contribution >= 0.6 is 11.3 Å². The predicted molar refractivity (Wildman–Crippen MR) is 74.1 cm³/mol. The van der Waals surface area contributed by atoms with E-state index in [1.54, 1.807) is 11.3 Å². The van der Waals surface area contributed by atoms with E-state index in [9.17, 15) is 0 Å². The van der Waals surface area contributed by atoms with Gasteiger partial charge in [-0.15, -0.1) is 0 Å². The van der Waals surface area contributed by atoms with Crippen molar-refractivity contribution < 1.29 is 9.26 Å². The molecule has 0 fully saturated rings. The smallest absolute Gasteiger partial charge is 0.231 e. The van der Waals surface area contributed by atoms with Crippen molar-refractivity contribution in [1.29, 1.82) is 0 Å². The van der Waals surface area contributed by atoms with E-state index in [1.165, 1.54) is 5.56 Å². The summed E-state index contributed by atoms with van der Waals surface area (Å²) in [5, 5.41) is 8.05. The summed E-state index contributed by atoms with van der Waals surface area (Å²) in [4.78, 5) is 4.36. The van der Waals surface area contributed by atoms with Crippen LogP contribution in [0.2, 0.25) is 0 Å². The molecule has 0 aliphatic heterocycles. The van der Waals surface area contributed by atoms with Crippen LogP contribution in [0.4, 0.5) is 0 Å². The molecule has 5 nitrogen and oxygen atoms in total. The summed E-state index contributed by atoms with van der Waals surface area (Å²) in [5.41, 5.74) is 6.61. The third-order valence-corrected chi connectivity index (χ3v) is 3.40. The first-order valence-electron chi connectivity index (χ1n) is 6.32. The normalized spacial score (nSPS) is 14.5. The fraction of sp³-hybridized carbons (Fsp3) is 0.538. The van der Waals surface area contributed by atoms with Crippen molar-refractivity contribution in [2.75, 3.05) is 13.2 Å². The zero-order valence-corrected chi connectivity index (χ0v) is 12.1. The Kier molecular flexibility index (Phi) is 4.68. The average molecular weight is 281 g/mol. The van der Waals surface area contributed by atoms with Crippen molar-refractivity contribution in [2.24, 2.45) is 5.73 Å². The molecule has 0 saturated carbocycles. The Bertz CT molecular complexity index is 494. The van der Waals surface area contributed by atoms with Crippen LogP contribution in [0.25, 0.3) is 0 Å². The first-order chi connectivity index (χ1) is 9.12. The van der Waals surface area contributed by atoms with Crippen LogP contribution < -0.4 is 5.73 Å². The van der Waals surface area contributed by atoms with E-state index in [2.05, 4.69) is 22.4 Å². The van der Waals surface area contributed by atoms with Crippen molar-refractivity contribution in [3.05, 3.63) is 34.1 Å². The van der Waals surface area contributed by atoms with E-state index >= 15 is 0 Å². The van der Waals surface area contributed by atoms with Crippen LogP contribution in [-0.2, 0) is 16.7 Å². The standard InChI is InChI=1S/C13H19N3O2S/c1-3-5-17-9-13(2,14)12-15-11(18-16-12)7-10-4-6-19-8-10/h4,6,8H,3,5,7,9,14H2,1-2H3. The molecule has 2 N–H and O–H groups in total. The van der Waals surface area contributed by atoms with Crippen molar-refractivity contribution in [2.45, 2.75) is 32.2 Å². The van der Waals surface area contributed by atoms with Gasteiger partial charge in [0, 0.05) is 6.61 Å². The summed E-state index contributed by atoms with van der Waals surface area (Å²) in [6, 6.07) is 2.04. The minimum Gasteiger partial charge on any atom is -0.379 e. The third kappa shape index (κ3) is 3.86. The van der Waals surface area contributed by atoms with E-state index in [-0.39, 0.29) is 0 Å². The molecule has 2 aromatic heterocycles. The van der Waals surface area contributed by atoms with Gasteiger partial charge < -0.3 is 15.0 Å². The molecular weight excluding hydrogens is 262 g/mol. The van der Waals surface area contributed by atoms with Gasteiger partial charge in [-0.3, -0.25) is 0 Å². The predicted octanol–water partition coefficient (Wildman–Crippen LogP) is 2.32. The third-order valence-electron chi connectivity index (χ3n) is 2.66. The molecule has 0 radical (unpaired) electrons. The maximum Gasteiger partial charge on any atom is 0.231 e. The number of rotatable bonds is 7. The summed E-state index contributed by atoms with van der Waals surface area (Å²) in [6.07, 6.45) is 1.61. The largest absolute Gasteiger partial charge is 0.379 e. The van der Waals surface area contributed by atoms with Gasteiger partial charge >= 0.3 is 0 Å². The number of nitrogens with zero attached hydrogens (tertiary/aromatic N) is 2. The van der Waals surface area contributed by atoms with E-state index < -0.39 is 5.54 Å². The number of hydrogen-bond donors (Lipinski definition) is 1. The summed E-state index contributed by atoms with van der Waals surface area (Å²) in [5.74, 6) is 1.08. The van der Waals surface area contributed by atoms with Crippen LogP contribution in [0, 0.1) is 0 Å². The zero-order chi connectivity index (χ0) is 13.7. The quantitative estimate of drug-likeness (QED) is 0.788. The van der Waals surface area contributed by atoms with Crippen LogP contribution in [0.1, 0.15) is 37.5 Å². The van der Waals surface area contributed by atoms with Crippen molar-refractivity contribution in [3.8, 4) is 0 Å². The van der Waals surface area contributed by atoms with Crippen molar-refractivity contribution in [3.63, 3.8) is 0 Å². The fourth-order valence-electron chi connectivity index (χ4n) is 1.62. The molecule has 1 unspecified atom stereocenters. The van der Waals surface area contributed by atoms with Gasteiger partial charge in [-0.25, -0.2) is 0 Å². The average Bonchev–Trinajstić information content (AvgIpc) is 3.01. The van der Waals surface area contributed by atoms with E-state index in [1.807, 2.05) is 18.4 Å². The Balaban J connectivity index is 1.99. The van der Waals surface area contributed by atoms with Crippen LogP contribution in [0.5, 0.6) is 0 Å². The van der Waals surface area contributed by atoms with E-state index in [0.29, 0.717) is 31.3 Å². The molecule has 1 atom stereocenters.